The first-order chi connectivity index (χ1) is 13.9. The Labute approximate surface area is 166 Å². The third kappa shape index (κ3) is 3.80. The van der Waals surface area contributed by atoms with Gasteiger partial charge in [-0.15, -0.1) is 0 Å². The number of carbonyl (C=O) groups is 1. The van der Waals surface area contributed by atoms with Gasteiger partial charge in [-0.05, 0) is 44.0 Å². The molecule has 4 rings (SSSR count). The second-order valence-electron chi connectivity index (χ2n) is 7.38. The Morgan fingerprint density at radius 1 is 1.14 bits per heavy atom. The molecule has 1 atom stereocenters. The third-order valence-corrected chi connectivity index (χ3v) is 5.60. The van der Waals surface area contributed by atoms with Crippen molar-refractivity contribution in [2.45, 2.75) is 31.8 Å². The fourth-order valence-corrected chi connectivity index (χ4v) is 3.95. The molecule has 0 saturated carbocycles. The van der Waals surface area contributed by atoms with Gasteiger partial charge in [0.15, 0.2) is 11.6 Å². The molecule has 0 radical (unpaired) electrons. The van der Waals surface area contributed by atoms with Crippen LogP contribution in [0.1, 0.15) is 25.8 Å². The maximum Gasteiger partial charge on any atom is 0.326 e. The van der Waals surface area contributed by atoms with Crippen LogP contribution in [-0.4, -0.2) is 39.5 Å². The van der Waals surface area contributed by atoms with Gasteiger partial charge in [0.1, 0.15) is 0 Å². The summed E-state index contributed by atoms with van der Waals surface area (Å²) < 4.78 is 28.2. The first-order valence-electron chi connectivity index (χ1n) is 9.63. The Hall–Kier alpha value is -3.00. The van der Waals surface area contributed by atoms with E-state index >= 15 is 0 Å². The van der Waals surface area contributed by atoms with E-state index in [0.29, 0.717) is 13.1 Å². The fraction of sp³-hybridized carbons (Fsp3) is 0.333. The molecule has 1 fully saturated rings. The number of H-pyrrole nitrogens is 1. The Bertz CT molecular complexity index is 1100. The van der Waals surface area contributed by atoms with Crippen molar-refractivity contribution in [3.05, 3.63) is 64.6 Å². The summed E-state index contributed by atoms with van der Waals surface area (Å²) in [4.78, 5) is 29.8. The first-order valence-corrected chi connectivity index (χ1v) is 9.63. The lowest BCUT2D eigenvalue weighted by Gasteiger charge is -2.35. The molecule has 3 aromatic rings. The number of likely N-dealkylation sites (tertiary alicyclic amines) is 1. The van der Waals surface area contributed by atoms with Crippen LogP contribution in [0.5, 0.6) is 0 Å². The Kier molecular flexibility index (Phi) is 5.19. The number of nitrogens with one attached hydrogen (secondary N) is 2. The number of aromatic nitrogens is 2. The standard InChI is InChI=1S/C21H22F2N4O2/c1-13(20(28)24-14-6-7-16(22)17(23)12-14)26-10-8-15(9-11-26)27-19-5-3-2-4-18(19)25-21(27)29/h2-7,12-13,15H,8-11H2,1H3,(H,24,28)(H,25,29). The van der Waals surface area contributed by atoms with Crippen molar-refractivity contribution in [3.8, 4) is 0 Å². The summed E-state index contributed by atoms with van der Waals surface area (Å²) in [7, 11) is 0. The predicted octanol–water partition coefficient (Wildman–Crippen LogP) is 3.27. The van der Waals surface area contributed by atoms with Crippen LogP contribution in [0, 0.1) is 11.6 Å². The van der Waals surface area contributed by atoms with Gasteiger partial charge in [0.05, 0.1) is 17.1 Å². The van der Waals surface area contributed by atoms with Gasteiger partial charge in [-0.25, -0.2) is 13.6 Å². The molecule has 0 bridgehead atoms. The number of carbonyl (C=O) groups excluding carboxylic acids is 1. The fourth-order valence-electron chi connectivity index (χ4n) is 3.95. The van der Waals surface area contributed by atoms with Crippen LogP contribution >= 0.6 is 0 Å². The summed E-state index contributed by atoms with van der Waals surface area (Å²) in [6, 6.07) is 10.5. The number of amides is 1. The Morgan fingerprint density at radius 2 is 1.86 bits per heavy atom. The zero-order valence-electron chi connectivity index (χ0n) is 16.0. The second-order valence-corrected chi connectivity index (χ2v) is 7.38. The minimum atomic E-state index is -1.000. The van der Waals surface area contributed by atoms with Crippen LogP contribution in [0.4, 0.5) is 14.5 Å². The summed E-state index contributed by atoms with van der Waals surface area (Å²) in [5.74, 6) is -2.23. The highest BCUT2D eigenvalue weighted by atomic mass is 19.2. The van der Waals surface area contributed by atoms with Crippen LogP contribution < -0.4 is 11.0 Å². The second kappa shape index (κ2) is 7.79. The van der Waals surface area contributed by atoms with Crippen LogP contribution in [0.25, 0.3) is 11.0 Å². The SMILES string of the molecule is CC(C(=O)Nc1ccc(F)c(F)c1)N1CCC(n2c(=O)[nH]c3ccccc32)CC1. The summed E-state index contributed by atoms with van der Waals surface area (Å²) in [6.07, 6.45) is 1.48. The number of halogens is 2. The molecular weight excluding hydrogens is 378 g/mol. The van der Waals surface area contributed by atoms with Crippen molar-refractivity contribution in [3.63, 3.8) is 0 Å². The van der Waals surface area contributed by atoms with E-state index in [1.807, 2.05) is 29.2 Å². The van der Waals surface area contributed by atoms with Crippen LogP contribution in [0.3, 0.4) is 0 Å². The van der Waals surface area contributed by atoms with E-state index in [-0.39, 0.29) is 23.3 Å². The Morgan fingerprint density at radius 3 is 2.59 bits per heavy atom. The molecule has 2 N–H and O–H groups in total. The summed E-state index contributed by atoms with van der Waals surface area (Å²) in [6.45, 7) is 3.10. The monoisotopic (exact) mass is 400 g/mol. The lowest BCUT2D eigenvalue weighted by Crippen LogP contribution is -2.46. The Balaban J connectivity index is 1.41. The van der Waals surface area contributed by atoms with Gasteiger partial charge in [-0.3, -0.25) is 14.3 Å². The molecule has 0 spiro atoms. The van der Waals surface area contributed by atoms with Crippen molar-refractivity contribution in [2.24, 2.45) is 0 Å². The average molecular weight is 400 g/mol. The van der Waals surface area contributed by atoms with Crippen molar-refractivity contribution >= 4 is 22.6 Å². The number of piperidine rings is 1. The van der Waals surface area contributed by atoms with Crippen molar-refractivity contribution in [2.75, 3.05) is 18.4 Å². The predicted molar refractivity (Wildman–Crippen MR) is 107 cm³/mol. The maximum atomic E-state index is 13.3. The smallest absolute Gasteiger partial charge is 0.325 e. The van der Waals surface area contributed by atoms with E-state index in [0.717, 1.165) is 36.0 Å². The zero-order chi connectivity index (χ0) is 20.5. The van der Waals surface area contributed by atoms with Gasteiger partial charge in [0.2, 0.25) is 5.91 Å². The molecule has 8 heteroatoms. The molecule has 1 amide bonds. The van der Waals surface area contributed by atoms with E-state index in [4.69, 9.17) is 0 Å². The van der Waals surface area contributed by atoms with Gasteiger partial charge >= 0.3 is 5.69 Å². The topological polar surface area (TPSA) is 70.1 Å². The average Bonchev–Trinajstić information content (AvgIpc) is 3.06. The minimum Gasteiger partial charge on any atom is -0.325 e. The number of hydrogen-bond donors (Lipinski definition) is 2. The quantitative estimate of drug-likeness (QED) is 0.706. The minimum absolute atomic E-state index is 0.0661. The van der Waals surface area contributed by atoms with E-state index in [1.165, 1.54) is 6.07 Å². The number of benzene rings is 2. The third-order valence-electron chi connectivity index (χ3n) is 5.60. The highest BCUT2D eigenvalue weighted by Crippen LogP contribution is 2.26. The first kappa shape index (κ1) is 19.3. The van der Waals surface area contributed by atoms with Gasteiger partial charge in [0.25, 0.3) is 0 Å². The van der Waals surface area contributed by atoms with Crippen molar-refractivity contribution < 1.29 is 13.6 Å². The maximum absolute atomic E-state index is 13.3. The zero-order valence-corrected chi connectivity index (χ0v) is 16.0. The summed E-state index contributed by atoms with van der Waals surface area (Å²) in [5, 5.41) is 2.63. The molecule has 29 heavy (non-hydrogen) atoms. The molecule has 2 aromatic carbocycles. The van der Waals surface area contributed by atoms with Gasteiger partial charge < -0.3 is 10.3 Å². The number of para-hydroxylation sites is 2. The molecule has 152 valence electrons. The molecule has 1 aliphatic heterocycles. The number of hydrogen-bond acceptors (Lipinski definition) is 3. The summed E-state index contributed by atoms with van der Waals surface area (Å²) >= 11 is 0. The van der Waals surface area contributed by atoms with E-state index in [2.05, 4.69) is 10.3 Å². The van der Waals surface area contributed by atoms with Gasteiger partial charge in [-0.1, -0.05) is 12.1 Å². The van der Waals surface area contributed by atoms with Crippen molar-refractivity contribution in [1.29, 1.82) is 0 Å². The number of rotatable bonds is 4. The molecule has 0 aliphatic carbocycles. The normalized spacial score (nSPS) is 16.8. The van der Waals surface area contributed by atoms with Crippen LogP contribution in [0.2, 0.25) is 0 Å². The number of aromatic amines is 1. The lowest BCUT2D eigenvalue weighted by molar-refractivity contribution is -0.121. The molecule has 1 saturated heterocycles. The number of anilines is 1. The molecule has 1 unspecified atom stereocenters. The molecular formula is C21H22F2N4O2. The largest absolute Gasteiger partial charge is 0.326 e. The van der Waals surface area contributed by atoms with E-state index < -0.39 is 17.7 Å². The van der Waals surface area contributed by atoms with E-state index in [9.17, 15) is 18.4 Å². The van der Waals surface area contributed by atoms with Gasteiger partial charge in [-0.2, -0.15) is 0 Å². The molecule has 6 nitrogen and oxygen atoms in total. The highest BCUT2D eigenvalue weighted by Gasteiger charge is 2.28. The molecule has 2 heterocycles. The van der Waals surface area contributed by atoms with E-state index in [1.54, 1.807) is 11.5 Å². The molecule has 1 aromatic heterocycles. The van der Waals surface area contributed by atoms with Crippen LogP contribution in [-0.2, 0) is 4.79 Å². The summed E-state index contributed by atoms with van der Waals surface area (Å²) in [5.41, 5.74) is 1.81. The number of imidazole rings is 1. The highest BCUT2D eigenvalue weighted by molar-refractivity contribution is 5.94. The van der Waals surface area contributed by atoms with Crippen LogP contribution in [0.15, 0.2) is 47.3 Å². The van der Waals surface area contributed by atoms with Gasteiger partial charge in [0, 0.05) is 30.9 Å². The number of nitrogens with zero attached hydrogens (tertiary/aromatic N) is 2. The molecule has 1 aliphatic rings. The number of fused-ring (bicyclic) bond motifs is 1. The van der Waals surface area contributed by atoms with Crippen molar-refractivity contribution in [1.82, 2.24) is 14.5 Å². The lowest BCUT2D eigenvalue weighted by atomic mass is 10.0.